The molecular weight excluding hydrogens is 188 g/mol. The molecule has 1 unspecified atom stereocenters. The van der Waals surface area contributed by atoms with E-state index < -0.39 is 12.1 Å². The third-order valence-electron chi connectivity index (χ3n) is 1.79. The molecule has 1 aromatic rings. The molecule has 1 atom stereocenters. The third-order valence-corrected chi connectivity index (χ3v) is 2.81. The lowest BCUT2D eigenvalue weighted by atomic mass is 10.1. The molecule has 0 aliphatic carbocycles. The van der Waals surface area contributed by atoms with Crippen LogP contribution in [-0.2, 0) is 0 Å². The average Bonchev–Trinajstić information content (AvgIpc) is 2.52. The Labute approximate surface area is 80.6 Å². The van der Waals surface area contributed by atoms with E-state index in [0.29, 0.717) is 11.3 Å². The summed E-state index contributed by atoms with van der Waals surface area (Å²) in [7, 11) is 0. The van der Waals surface area contributed by atoms with Crippen LogP contribution in [0, 0.1) is 0 Å². The van der Waals surface area contributed by atoms with E-state index in [9.17, 15) is 9.90 Å². The molecule has 0 aliphatic rings. The van der Waals surface area contributed by atoms with Crippen LogP contribution in [0.1, 0.15) is 41.1 Å². The smallest absolute Gasteiger partial charge is 0.336 e. The van der Waals surface area contributed by atoms with Crippen molar-refractivity contribution >= 4 is 17.3 Å². The van der Waals surface area contributed by atoms with Crippen molar-refractivity contribution in [2.75, 3.05) is 0 Å². The number of rotatable bonds is 4. The summed E-state index contributed by atoms with van der Waals surface area (Å²) in [5, 5.41) is 20.0. The molecule has 0 bridgehead atoms. The van der Waals surface area contributed by atoms with Gasteiger partial charge in [0.25, 0.3) is 0 Å². The zero-order valence-corrected chi connectivity index (χ0v) is 8.17. The molecule has 1 rings (SSSR count). The van der Waals surface area contributed by atoms with Crippen molar-refractivity contribution in [2.24, 2.45) is 0 Å². The maximum atomic E-state index is 10.7. The van der Waals surface area contributed by atoms with Crippen LogP contribution in [0.25, 0.3) is 0 Å². The Hall–Kier alpha value is -0.870. The highest BCUT2D eigenvalue weighted by molar-refractivity contribution is 7.10. The molecule has 0 saturated heterocycles. The predicted molar refractivity (Wildman–Crippen MR) is 51.1 cm³/mol. The van der Waals surface area contributed by atoms with Gasteiger partial charge in [0.2, 0.25) is 0 Å². The highest BCUT2D eigenvalue weighted by Gasteiger charge is 2.17. The van der Waals surface area contributed by atoms with Crippen LogP contribution in [0.5, 0.6) is 0 Å². The second kappa shape index (κ2) is 4.39. The zero-order chi connectivity index (χ0) is 9.84. The van der Waals surface area contributed by atoms with Gasteiger partial charge in [0.05, 0.1) is 11.7 Å². The highest BCUT2D eigenvalue weighted by atomic mass is 32.1. The second-order valence-electron chi connectivity index (χ2n) is 2.81. The predicted octanol–water partition coefficient (Wildman–Crippen LogP) is 2.28. The van der Waals surface area contributed by atoms with Gasteiger partial charge in [-0.1, -0.05) is 13.3 Å². The van der Waals surface area contributed by atoms with Crippen LogP contribution in [0.4, 0.5) is 0 Å². The fourth-order valence-electron chi connectivity index (χ4n) is 1.16. The van der Waals surface area contributed by atoms with E-state index in [1.54, 1.807) is 5.38 Å². The summed E-state index contributed by atoms with van der Waals surface area (Å²) in [6.45, 7) is 1.96. The second-order valence-corrected chi connectivity index (χ2v) is 3.76. The van der Waals surface area contributed by atoms with E-state index in [2.05, 4.69) is 0 Å². The van der Waals surface area contributed by atoms with Gasteiger partial charge in [-0.25, -0.2) is 4.79 Å². The lowest BCUT2D eigenvalue weighted by Gasteiger charge is -2.07. The van der Waals surface area contributed by atoms with Crippen molar-refractivity contribution in [3.63, 3.8) is 0 Å². The Kier molecular flexibility index (Phi) is 3.45. The maximum absolute atomic E-state index is 10.7. The first-order valence-corrected chi connectivity index (χ1v) is 5.03. The summed E-state index contributed by atoms with van der Waals surface area (Å²) in [6, 6.07) is 1.53. The standard InChI is InChI=1S/C9H12O3S/c1-2-3-7(10)8-6(9(11)12)4-5-13-8/h4-5,7,10H,2-3H2,1H3,(H,11,12). The van der Waals surface area contributed by atoms with Gasteiger partial charge in [0, 0.05) is 4.88 Å². The number of hydrogen-bond donors (Lipinski definition) is 2. The van der Waals surface area contributed by atoms with Crippen molar-refractivity contribution in [1.29, 1.82) is 0 Å². The molecule has 0 aliphatic heterocycles. The fraction of sp³-hybridized carbons (Fsp3) is 0.444. The number of aliphatic hydroxyl groups excluding tert-OH is 1. The Morgan fingerprint density at radius 3 is 2.92 bits per heavy atom. The third kappa shape index (κ3) is 2.29. The van der Waals surface area contributed by atoms with Crippen LogP contribution in [0.2, 0.25) is 0 Å². The van der Waals surface area contributed by atoms with Crippen LogP contribution >= 0.6 is 11.3 Å². The van der Waals surface area contributed by atoms with E-state index in [1.807, 2.05) is 6.92 Å². The molecule has 3 nitrogen and oxygen atoms in total. The van der Waals surface area contributed by atoms with Crippen molar-refractivity contribution in [2.45, 2.75) is 25.9 Å². The molecule has 1 heterocycles. The van der Waals surface area contributed by atoms with Crippen LogP contribution < -0.4 is 0 Å². The van der Waals surface area contributed by atoms with Gasteiger partial charge in [-0.05, 0) is 17.9 Å². The first-order chi connectivity index (χ1) is 6.16. The van der Waals surface area contributed by atoms with Crippen molar-refractivity contribution < 1.29 is 15.0 Å². The minimum Gasteiger partial charge on any atom is -0.478 e. The number of aromatic carboxylic acids is 1. The van der Waals surface area contributed by atoms with E-state index in [1.165, 1.54) is 17.4 Å². The van der Waals surface area contributed by atoms with Gasteiger partial charge < -0.3 is 10.2 Å². The summed E-state index contributed by atoms with van der Waals surface area (Å²) in [6.07, 6.45) is 0.829. The number of carboxylic acids is 1. The summed E-state index contributed by atoms with van der Waals surface area (Å²) < 4.78 is 0. The fourth-order valence-corrected chi connectivity index (χ4v) is 2.07. The summed E-state index contributed by atoms with van der Waals surface area (Å²) in [4.78, 5) is 11.3. The Balaban J connectivity index is 2.86. The van der Waals surface area contributed by atoms with E-state index in [4.69, 9.17) is 5.11 Å². The largest absolute Gasteiger partial charge is 0.478 e. The quantitative estimate of drug-likeness (QED) is 0.784. The molecule has 0 radical (unpaired) electrons. The summed E-state index contributed by atoms with van der Waals surface area (Å²) >= 11 is 1.30. The van der Waals surface area contributed by atoms with Crippen LogP contribution in [-0.4, -0.2) is 16.2 Å². The molecule has 0 aromatic carbocycles. The zero-order valence-electron chi connectivity index (χ0n) is 7.36. The molecular formula is C9H12O3S. The Morgan fingerprint density at radius 2 is 2.38 bits per heavy atom. The molecule has 13 heavy (non-hydrogen) atoms. The van der Waals surface area contributed by atoms with Gasteiger partial charge in [-0.15, -0.1) is 11.3 Å². The van der Waals surface area contributed by atoms with E-state index in [-0.39, 0.29) is 5.56 Å². The molecule has 0 saturated carbocycles. The van der Waals surface area contributed by atoms with Crippen LogP contribution in [0.3, 0.4) is 0 Å². The van der Waals surface area contributed by atoms with Gasteiger partial charge in [0.15, 0.2) is 0 Å². The number of thiophene rings is 1. The highest BCUT2D eigenvalue weighted by Crippen LogP contribution is 2.27. The van der Waals surface area contributed by atoms with E-state index in [0.717, 1.165) is 6.42 Å². The number of carboxylic acid groups (broad SMARTS) is 1. The van der Waals surface area contributed by atoms with Crippen molar-refractivity contribution in [3.8, 4) is 0 Å². The molecule has 1 aromatic heterocycles. The molecule has 4 heteroatoms. The first kappa shape index (κ1) is 10.2. The number of aliphatic hydroxyl groups is 1. The van der Waals surface area contributed by atoms with Crippen molar-refractivity contribution in [3.05, 3.63) is 21.9 Å². The normalized spacial score (nSPS) is 12.8. The SMILES string of the molecule is CCCC(O)c1sccc1C(=O)O. The van der Waals surface area contributed by atoms with E-state index >= 15 is 0 Å². The topological polar surface area (TPSA) is 57.5 Å². The lowest BCUT2D eigenvalue weighted by Crippen LogP contribution is -2.02. The molecule has 2 N–H and O–H groups in total. The molecule has 0 fully saturated rings. The minimum absolute atomic E-state index is 0.228. The molecule has 72 valence electrons. The average molecular weight is 200 g/mol. The van der Waals surface area contributed by atoms with Gasteiger partial charge in [-0.2, -0.15) is 0 Å². The molecule has 0 spiro atoms. The summed E-state index contributed by atoms with van der Waals surface area (Å²) in [5.74, 6) is -0.966. The van der Waals surface area contributed by atoms with Gasteiger partial charge in [-0.3, -0.25) is 0 Å². The number of hydrogen-bond acceptors (Lipinski definition) is 3. The monoisotopic (exact) mass is 200 g/mol. The van der Waals surface area contributed by atoms with Crippen LogP contribution in [0.15, 0.2) is 11.4 Å². The number of carbonyl (C=O) groups is 1. The minimum atomic E-state index is -0.966. The maximum Gasteiger partial charge on any atom is 0.336 e. The summed E-state index contributed by atoms with van der Waals surface area (Å²) in [5.41, 5.74) is 0.228. The Bertz CT molecular complexity index is 293. The molecule has 0 amide bonds. The Morgan fingerprint density at radius 1 is 1.69 bits per heavy atom. The van der Waals surface area contributed by atoms with Gasteiger partial charge >= 0.3 is 5.97 Å². The lowest BCUT2D eigenvalue weighted by molar-refractivity contribution is 0.0689. The van der Waals surface area contributed by atoms with Gasteiger partial charge in [0.1, 0.15) is 0 Å². The van der Waals surface area contributed by atoms with Crippen molar-refractivity contribution in [1.82, 2.24) is 0 Å². The first-order valence-electron chi connectivity index (χ1n) is 4.15.